The van der Waals surface area contributed by atoms with Gasteiger partial charge in [0.25, 0.3) is 0 Å². The molecular formula is C16H22N2OS. The number of benzene rings is 1. The topological polar surface area (TPSA) is 46.3 Å². The summed E-state index contributed by atoms with van der Waals surface area (Å²) < 4.78 is 0. The van der Waals surface area contributed by atoms with Gasteiger partial charge in [-0.2, -0.15) is 0 Å². The average molecular weight is 290 g/mol. The fourth-order valence-electron chi connectivity index (χ4n) is 3.02. The van der Waals surface area contributed by atoms with Gasteiger partial charge < -0.3 is 10.6 Å². The number of hydrogen-bond donors (Lipinski definition) is 1. The SMILES string of the molecule is CC1CC(C(=O)N(C)CCc2ccccc2)(C(N)=S)C1. The Kier molecular flexibility index (Phi) is 4.43. The lowest BCUT2D eigenvalue weighted by molar-refractivity contribution is -0.142. The summed E-state index contributed by atoms with van der Waals surface area (Å²) in [4.78, 5) is 14.7. The van der Waals surface area contributed by atoms with Crippen LogP contribution in [0.4, 0.5) is 0 Å². The molecule has 0 radical (unpaired) electrons. The summed E-state index contributed by atoms with van der Waals surface area (Å²) in [6, 6.07) is 10.2. The Bertz CT molecular complexity index is 494. The average Bonchev–Trinajstić information content (AvgIpc) is 2.41. The first-order chi connectivity index (χ1) is 9.45. The Morgan fingerprint density at radius 1 is 1.40 bits per heavy atom. The number of thiocarbonyl (C=S) groups is 1. The zero-order valence-corrected chi connectivity index (χ0v) is 13.0. The minimum absolute atomic E-state index is 0.0824. The van der Waals surface area contributed by atoms with E-state index in [0.717, 1.165) is 19.3 Å². The summed E-state index contributed by atoms with van der Waals surface area (Å²) in [5.41, 5.74) is 6.48. The summed E-state index contributed by atoms with van der Waals surface area (Å²) in [5.74, 6) is 0.613. The monoisotopic (exact) mass is 290 g/mol. The Labute approximate surface area is 126 Å². The molecule has 1 amide bonds. The lowest BCUT2D eigenvalue weighted by Gasteiger charge is -2.46. The van der Waals surface area contributed by atoms with E-state index >= 15 is 0 Å². The van der Waals surface area contributed by atoms with E-state index in [1.165, 1.54) is 5.56 Å². The second-order valence-corrected chi connectivity index (χ2v) is 6.36. The van der Waals surface area contributed by atoms with Crippen molar-refractivity contribution < 1.29 is 4.79 Å². The molecule has 0 bridgehead atoms. The van der Waals surface area contributed by atoms with Gasteiger partial charge in [0.1, 0.15) is 0 Å². The first-order valence-electron chi connectivity index (χ1n) is 7.05. The molecule has 1 fully saturated rings. The van der Waals surface area contributed by atoms with E-state index in [2.05, 4.69) is 19.1 Å². The van der Waals surface area contributed by atoms with E-state index in [-0.39, 0.29) is 5.91 Å². The van der Waals surface area contributed by atoms with Crippen molar-refractivity contribution in [2.24, 2.45) is 17.1 Å². The molecule has 1 aromatic carbocycles. The van der Waals surface area contributed by atoms with Crippen molar-refractivity contribution in [3.8, 4) is 0 Å². The lowest BCUT2D eigenvalue weighted by Crippen LogP contribution is -2.56. The summed E-state index contributed by atoms with van der Waals surface area (Å²) in [6.07, 6.45) is 2.43. The van der Waals surface area contributed by atoms with E-state index in [1.807, 2.05) is 25.2 Å². The third-order valence-corrected chi connectivity index (χ3v) is 4.59. The highest BCUT2D eigenvalue weighted by Crippen LogP contribution is 2.46. The van der Waals surface area contributed by atoms with Crippen LogP contribution >= 0.6 is 12.2 Å². The van der Waals surface area contributed by atoms with Crippen molar-refractivity contribution in [2.75, 3.05) is 13.6 Å². The van der Waals surface area contributed by atoms with Crippen molar-refractivity contribution in [3.05, 3.63) is 35.9 Å². The largest absolute Gasteiger partial charge is 0.392 e. The van der Waals surface area contributed by atoms with E-state index in [9.17, 15) is 4.79 Å². The smallest absolute Gasteiger partial charge is 0.235 e. The molecule has 0 saturated heterocycles. The van der Waals surface area contributed by atoms with Crippen LogP contribution in [0.25, 0.3) is 0 Å². The van der Waals surface area contributed by atoms with Crippen molar-refractivity contribution >= 4 is 23.1 Å². The Balaban J connectivity index is 1.96. The molecule has 0 atom stereocenters. The van der Waals surface area contributed by atoms with Gasteiger partial charge in [0.15, 0.2) is 0 Å². The molecule has 0 heterocycles. The van der Waals surface area contributed by atoms with Crippen LogP contribution in [0.2, 0.25) is 0 Å². The minimum Gasteiger partial charge on any atom is -0.392 e. The molecule has 108 valence electrons. The van der Waals surface area contributed by atoms with Gasteiger partial charge in [-0.05, 0) is 30.7 Å². The number of amides is 1. The maximum Gasteiger partial charge on any atom is 0.235 e. The minimum atomic E-state index is -0.583. The number of hydrogen-bond acceptors (Lipinski definition) is 2. The first kappa shape index (κ1) is 15.0. The number of nitrogens with zero attached hydrogens (tertiary/aromatic N) is 1. The molecule has 1 aliphatic carbocycles. The van der Waals surface area contributed by atoms with Crippen LogP contribution in [0.15, 0.2) is 30.3 Å². The van der Waals surface area contributed by atoms with E-state index < -0.39 is 5.41 Å². The van der Waals surface area contributed by atoms with Crippen LogP contribution in [0.3, 0.4) is 0 Å². The van der Waals surface area contributed by atoms with Crippen LogP contribution in [0.1, 0.15) is 25.3 Å². The molecule has 2 rings (SSSR count). The molecule has 0 unspecified atom stereocenters. The van der Waals surface area contributed by atoms with Gasteiger partial charge in [-0.15, -0.1) is 0 Å². The van der Waals surface area contributed by atoms with Crippen LogP contribution in [-0.2, 0) is 11.2 Å². The van der Waals surface area contributed by atoms with E-state index in [4.69, 9.17) is 18.0 Å². The highest BCUT2D eigenvalue weighted by molar-refractivity contribution is 7.80. The number of carbonyl (C=O) groups excluding carboxylic acids is 1. The van der Waals surface area contributed by atoms with Gasteiger partial charge in [-0.1, -0.05) is 49.5 Å². The standard InChI is InChI=1S/C16H22N2OS/c1-12-10-16(11-12,14(17)20)15(19)18(2)9-8-13-6-4-3-5-7-13/h3-7,12H,8-11H2,1-2H3,(H2,17,20). The van der Waals surface area contributed by atoms with Crippen LogP contribution in [-0.4, -0.2) is 29.4 Å². The number of carbonyl (C=O) groups is 1. The number of nitrogens with two attached hydrogens (primary N) is 1. The van der Waals surface area contributed by atoms with Crippen LogP contribution in [0.5, 0.6) is 0 Å². The number of rotatable bonds is 5. The van der Waals surface area contributed by atoms with E-state index in [0.29, 0.717) is 17.5 Å². The fraction of sp³-hybridized carbons (Fsp3) is 0.500. The second kappa shape index (κ2) is 5.92. The normalized spacial score (nSPS) is 24.8. The second-order valence-electron chi connectivity index (χ2n) is 5.92. The predicted molar refractivity (Wildman–Crippen MR) is 85.4 cm³/mol. The van der Waals surface area contributed by atoms with Gasteiger partial charge in [0, 0.05) is 13.6 Å². The first-order valence-corrected chi connectivity index (χ1v) is 7.46. The van der Waals surface area contributed by atoms with Gasteiger partial charge in [-0.25, -0.2) is 0 Å². The molecule has 0 aliphatic heterocycles. The van der Waals surface area contributed by atoms with Gasteiger partial charge in [0.05, 0.1) is 10.4 Å². The summed E-state index contributed by atoms with van der Waals surface area (Å²) in [6.45, 7) is 2.83. The van der Waals surface area contributed by atoms with Gasteiger partial charge in [0.2, 0.25) is 5.91 Å². The maximum atomic E-state index is 12.6. The summed E-state index contributed by atoms with van der Waals surface area (Å²) >= 11 is 5.14. The third kappa shape index (κ3) is 2.85. The summed E-state index contributed by atoms with van der Waals surface area (Å²) in [7, 11) is 1.84. The maximum absolute atomic E-state index is 12.6. The zero-order chi connectivity index (χ0) is 14.8. The van der Waals surface area contributed by atoms with E-state index in [1.54, 1.807) is 4.90 Å². The Hall–Kier alpha value is -1.42. The van der Waals surface area contributed by atoms with Crippen molar-refractivity contribution in [1.82, 2.24) is 4.90 Å². The molecule has 1 saturated carbocycles. The van der Waals surface area contributed by atoms with Crippen molar-refractivity contribution in [3.63, 3.8) is 0 Å². The molecule has 20 heavy (non-hydrogen) atoms. The molecule has 4 heteroatoms. The van der Waals surface area contributed by atoms with Gasteiger partial charge >= 0.3 is 0 Å². The highest BCUT2D eigenvalue weighted by Gasteiger charge is 2.51. The fourth-order valence-corrected chi connectivity index (χ4v) is 3.27. The van der Waals surface area contributed by atoms with Crippen molar-refractivity contribution in [2.45, 2.75) is 26.2 Å². The van der Waals surface area contributed by atoms with Gasteiger partial charge in [-0.3, -0.25) is 4.79 Å². The molecule has 1 aliphatic rings. The molecule has 2 N–H and O–H groups in total. The number of likely N-dealkylation sites (N-methyl/N-ethyl adjacent to an activating group) is 1. The van der Waals surface area contributed by atoms with Crippen molar-refractivity contribution in [1.29, 1.82) is 0 Å². The molecule has 3 nitrogen and oxygen atoms in total. The predicted octanol–water partition coefficient (Wildman–Crippen LogP) is 2.39. The molecule has 0 aromatic heterocycles. The summed E-state index contributed by atoms with van der Waals surface area (Å²) in [5, 5.41) is 0. The third-order valence-electron chi connectivity index (χ3n) is 4.20. The lowest BCUT2D eigenvalue weighted by atomic mass is 9.61. The highest BCUT2D eigenvalue weighted by atomic mass is 32.1. The zero-order valence-electron chi connectivity index (χ0n) is 12.1. The quantitative estimate of drug-likeness (QED) is 0.847. The molecule has 0 spiro atoms. The molecular weight excluding hydrogens is 268 g/mol. The van der Waals surface area contributed by atoms with Crippen LogP contribution < -0.4 is 5.73 Å². The molecule has 1 aromatic rings. The van der Waals surface area contributed by atoms with Crippen LogP contribution in [0, 0.1) is 11.3 Å². The Morgan fingerprint density at radius 2 is 2.00 bits per heavy atom. The Morgan fingerprint density at radius 3 is 2.50 bits per heavy atom.